The Morgan fingerprint density at radius 1 is 1.03 bits per heavy atom. The van der Waals surface area contributed by atoms with E-state index in [1.54, 1.807) is 0 Å². The van der Waals surface area contributed by atoms with E-state index in [0.717, 1.165) is 11.6 Å². The molecule has 9 heteroatoms. The molecule has 0 unspecified atom stereocenters. The van der Waals surface area contributed by atoms with Crippen LogP contribution in [0.3, 0.4) is 0 Å². The van der Waals surface area contributed by atoms with Gasteiger partial charge in [-0.2, -0.15) is 0 Å². The number of carbonyl (C=O) groups is 1. The summed E-state index contributed by atoms with van der Waals surface area (Å²) in [7, 11) is 0. The first-order valence-electron chi connectivity index (χ1n) is 10.1. The lowest BCUT2D eigenvalue weighted by molar-refractivity contribution is -0.302. The molecule has 0 aromatic heterocycles. The molecule has 1 aliphatic rings. The van der Waals surface area contributed by atoms with E-state index in [1.807, 2.05) is 30.3 Å². The fourth-order valence-corrected chi connectivity index (χ4v) is 3.26. The molecule has 0 amide bonds. The number of phenolic OH excluding ortho intramolecular Hbond substituents is 2. The van der Waals surface area contributed by atoms with Crippen LogP contribution in [0.1, 0.15) is 11.1 Å². The number of rotatable bonds is 8. The maximum atomic E-state index is 12.2. The number of ether oxygens (including phenoxy) is 3. The number of esters is 1. The molecule has 5 N–H and O–H groups in total. The number of aliphatic hydroxyl groups excluding tert-OH is 3. The van der Waals surface area contributed by atoms with Gasteiger partial charge >= 0.3 is 5.97 Å². The van der Waals surface area contributed by atoms with Gasteiger partial charge in [-0.3, -0.25) is 0 Å². The molecule has 1 aliphatic heterocycles. The van der Waals surface area contributed by atoms with Crippen LogP contribution in [-0.4, -0.2) is 75.4 Å². The van der Waals surface area contributed by atoms with Gasteiger partial charge in [0.1, 0.15) is 18.3 Å². The van der Waals surface area contributed by atoms with E-state index in [1.165, 1.54) is 24.3 Å². The molecule has 1 saturated heterocycles. The molecule has 0 bridgehead atoms. The van der Waals surface area contributed by atoms with E-state index in [0.29, 0.717) is 12.0 Å². The third kappa shape index (κ3) is 6.06. The number of phenols is 2. The van der Waals surface area contributed by atoms with E-state index >= 15 is 0 Å². The van der Waals surface area contributed by atoms with Gasteiger partial charge in [0.05, 0.1) is 13.2 Å². The number of aliphatic hydroxyl groups is 3. The summed E-state index contributed by atoms with van der Waals surface area (Å²) in [6.45, 7) is -0.362. The van der Waals surface area contributed by atoms with E-state index < -0.39 is 43.3 Å². The summed E-state index contributed by atoms with van der Waals surface area (Å²) in [5.74, 6) is -1.51. The summed E-state index contributed by atoms with van der Waals surface area (Å²) in [4.78, 5) is 12.2. The second kappa shape index (κ2) is 11.1. The normalized spacial score (nSPS) is 25.7. The van der Waals surface area contributed by atoms with Gasteiger partial charge in [0, 0.05) is 6.08 Å². The molecule has 1 fully saturated rings. The van der Waals surface area contributed by atoms with Gasteiger partial charge in [-0.1, -0.05) is 36.4 Å². The SMILES string of the molecule is O=C(C=Cc1ccc(O)c(O)c1)O[C@H]1[C@H](O)[C@@H](O)[C@H](OCCc2ccccc2)O[C@@H]1CO. The summed E-state index contributed by atoms with van der Waals surface area (Å²) >= 11 is 0. The topological polar surface area (TPSA) is 146 Å². The highest BCUT2D eigenvalue weighted by atomic mass is 16.7. The minimum atomic E-state index is -1.54. The molecule has 0 saturated carbocycles. The predicted octanol–water partition coefficient (Wildman–Crippen LogP) is 0.721. The van der Waals surface area contributed by atoms with Gasteiger partial charge in [-0.15, -0.1) is 0 Å². The maximum absolute atomic E-state index is 12.2. The highest BCUT2D eigenvalue weighted by Gasteiger charge is 2.46. The van der Waals surface area contributed by atoms with Gasteiger partial charge in [0.2, 0.25) is 0 Å². The van der Waals surface area contributed by atoms with Crippen LogP contribution in [0.4, 0.5) is 0 Å². The Morgan fingerprint density at radius 3 is 2.47 bits per heavy atom. The van der Waals surface area contributed by atoms with Crippen molar-refractivity contribution in [3.63, 3.8) is 0 Å². The van der Waals surface area contributed by atoms with Crippen LogP contribution in [-0.2, 0) is 25.4 Å². The molecule has 2 aromatic carbocycles. The van der Waals surface area contributed by atoms with Crippen molar-refractivity contribution in [2.24, 2.45) is 0 Å². The molecule has 0 aliphatic carbocycles. The maximum Gasteiger partial charge on any atom is 0.331 e. The second-order valence-electron chi connectivity index (χ2n) is 7.30. The van der Waals surface area contributed by atoms with Crippen molar-refractivity contribution in [2.75, 3.05) is 13.2 Å². The Morgan fingerprint density at radius 2 is 1.78 bits per heavy atom. The Hall–Kier alpha value is -2.95. The van der Waals surface area contributed by atoms with Crippen LogP contribution in [0.15, 0.2) is 54.6 Å². The molecular formula is C23H26O9. The van der Waals surface area contributed by atoms with Crippen LogP contribution < -0.4 is 0 Å². The van der Waals surface area contributed by atoms with Crippen molar-refractivity contribution in [1.29, 1.82) is 0 Å². The monoisotopic (exact) mass is 446 g/mol. The standard InChI is InChI=1S/C23H26O9/c24-13-18-22(32-19(27)9-7-15-6-8-16(25)17(26)12-15)20(28)21(29)23(31-18)30-11-10-14-4-2-1-3-5-14/h1-9,12,18,20-26,28-29H,10-11,13H2/t18-,20-,21-,22-,23-/m1/s1. The van der Waals surface area contributed by atoms with Crippen molar-refractivity contribution in [3.05, 3.63) is 65.7 Å². The lowest BCUT2D eigenvalue weighted by atomic mass is 9.99. The molecular weight excluding hydrogens is 420 g/mol. The van der Waals surface area contributed by atoms with Gasteiger partial charge in [0.25, 0.3) is 0 Å². The second-order valence-corrected chi connectivity index (χ2v) is 7.30. The van der Waals surface area contributed by atoms with Crippen molar-refractivity contribution >= 4 is 12.0 Å². The zero-order chi connectivity index (χ0) is 23.1. The highest BCUT2D eigenvalue weighted by Crippen LogP contribution is 2.26. The predicted molar refractivity (Wildman–Crippen MR) is 113 cm³/mol. The van der Waals surface area contributed by atoms with Gasteiger partial charge in [0.15, 0.2) is 23.9 Å². The molecule has 3 rings (SSSR count). The number of aromatic hydroxyl groups is 2. The third-order valence-corrected chi connectivity index (χ3v) is 5.00. The highest BCUT2D eigenvalue weighted by molar-refractivity contribution is 5.87. The van der Waals surface area contributed by atoms with Gasteiger partial charge in [-0.25, -0.2) is 4.79 Å². The molecule has 5 atom stereocenters. The first-order chi connectivity index (χ1) is 15.4. The summed E-state index contributed by atoms with van der Waals surface area (Å²) in [5, 5.41) is 49.2. The van der Waals surface area contributed by atoms with Crippen molar-refractivity contribution in [2.45, 2.75) is 37.1 Å². The number of carbonyl (C=O) groups excluding carboxylic acids is 1. The minimum absolute atomic E-state index is 0.212. The molecule has 0 spiro atoms. The number of hydrogen-bond donors (Lipinski definition) is 5. The van der Waals surface area contributed by atoms with E-state index in [2.05, 4.69) is 0 Å². The minimum Gasteiger partial charge on any atom is -0.504 e. The summed E-state index contributed by atoms with van der Waals surface area (Å²) in [5.41, 5.74) is 1.45. The quantitative estimate of drug-likeness (QED) is 0.225. The summed E-state index contributed by atoms with van der Waals surface area (Å²) in [6.07, 6.45) is -3.74. The largest absolute Gasteiger partial charge is 0.504 e. The molecule has 9 nitrogen and oxygen atoms in total. The van der Waals surface area contributed by atoms with Gasteiger partial charge < -0.3 is 39.7 Å². The average molecular weight is 446 g/mol. The lowest BCUT2D eigenvalue weighted by Crippen LogP contribution is -2.60. The number of hydrogen-bond acceptors (Lipinski definition) is 9. The Kier molecular flexibility index (Phi) is 8.20. The lowest BCUT2D eigenvalue weighted by Gasteiger charge is -2.41. The smallest absolute Gasteiger partial charge is 0.331 e. The van der Waals surface area contributed by atoms with Gasteiger partial charge in [-0.05, 0) is 35.8 Å². The van der Waals surface area contributed by atoms with Crippen LogP contribution >= 0.6 is 0 Å². The average Bonchev–Trinajstić information content (AvgIpc) is 2.80. The molecule has 0 radical (unpaired) electrons. The fraction of sp³-hybridized carbons (Fsp3) is 0.348. The zero-order valence-electron chi connectivity index (χ0n) is 17.2. The number of benzene rings is 2. The summed E-state index contributed by atoms with van der Waals surface area (Å²) in [6, 6.07) is 13.5. The first-order valence-corrected chi connectivity index (χ1v) is 10.1. The fourth-order valence-electron chi connectivity index (χ4n) is 3.26. The van der Waals surface area contributed by atoms with Crippen LogP contribution in [0.2, 0.25) is 0 Å². The zero-order valence-corrected chi connectivity index (χ0v) is 17.2. The Balaban J connectivity index is 1.56. The van der Waals surface area contributed by atoms with Crippen LogP contribution in [0.5, 0.6) is 11.5 Å². The molecule has 2 aromatic rings. The van der Waals surface area contributed by atoms with E-state index in [9.17, 15) is 30.3 Å². The van der Waals surface area contributed by atoms with Crippen molar-refractivity contribution in [3.8, 4) is 11.5 Å². The van der Waals surface area contributed by atoms with Crippen molar-refractivity contribution < 1.29 is 44.5 Å². The van der Waals surface area contributed by atoms with E-state index in [-0.39, 0.29) is 18.1 Å². The van der Waals surface area contributed by atoms with Crippen LogP contribution in [0.25, 0.3) is 6.08 Å². The third-order valence-electron chi connectivity index (χ3n) is 5.00. The Bertz CT molecular complexity index is 913. The van der Waals surface area contributed by atoms with E-state index in [4.69, 9.17) is 14.2 Å². The first kappa shape index (κ1) is 23.7. The molecule has 32 heavy (non-hydrogen) atoms. The molecule has 1 heterocycles. The Labute approximate surface area is 184 Å². The van der Waals surface area contributed by atoms with Crippen LogP contribution in [0, 0.1) is 0 Å². The summed E-state index contributed by atoms with van der Waals surface area (Å²) < 4.78 is 16.2. The molecule has 172 valence electrons. The van der Waals surface area contributed by atoms with Crippen molar-refractivity contribution in [1.82, 2.24) is 0 Å².